The largest absolute Gasteiger partial charge is 0.370 e. The summed E-state index contributed by atoms with van der Waals surface area (Å²) in [6, 6.07) is 1.19. The van der Waals surface area contributed by atoms with Crippen LogP contribution >= 0.6 is 0 Å². The van der Waals surface area contributed by atoms with E-state index in [0.717, 1.165) is 5.06 Å². The van der Waals surface area contributed by atoms with Crippen LogP contribution in [0, 0.1) is 16.0 Å². The van der Waals surface area contributed by atoms with E-state index < -0.39 is 11.0 Å². The minimum atomic E-state index is -0.541. The molecule has 0 aromatic carbocycles. The number of fused-ring (bicyclic) bond motifs is 1. The Morgan fingerprint density at radius 1 is 1.55 bits per heavy atom. The molecule has 0 spiro atoms. The van der Waals surface area contributed by atoms with E-state index >= 15 is 0 Å². The van der Waals surface area contributed by atoms with Gasteiger partial charge in [0.05, 0.1) is 28.7 Å². The van der Waals surface area contributed by atoms with Gasteiger partial charge in [0.25, 0.3) is 5.69 Å². The van der Waals surface area contributed by atoms with Crippen LogP contribution in [0.2, 0.25) is 0 Å². The molecule has 4 unspecified atom stereocenters. The minimum Gasteiger partial charge on any atom is -0.370 e. The van der Waals surface area contributed by atoms with Crippen molar-refractivity contribution < 1.29 is 19.7 Å². The molecule has 0 aliphatic carbocycles. The number of nitro groups is 1. The summed E-state index contributed by atoms with van der Waals surface area (Å²) in [7, 11) is 0. The summed E-state index contributed by atoms with van der Waals surface area (Å²) in [6.45, 7) is 1.88. The Hall–Kier alpha value is -2.06. The molecular formula is C14H17N3O5. The molecule has 1 aromatic rings. The van der Waals surface area contributed by atoms with Gasteiger partial charge in [0.2, 0.25) is 5.91 Å². The molecule has 2 aliphatic rings. The smallest absolute Gasteiger partial charge is 0.293 e. The lowest BCUT2D eigenvalue weighted by Crippen LogP contribution is -2.53. The number of amides is 1. The Labute approximate surface area is 126 Å². The van der Waals surface area contributed by atoms with E-state index in [-0.39, 0.29) is 29.7 Å². The molecule has 0 saturated carbocycles. The van der Waals surface area contributed by atoms with Gasteiger partial charge in [0.1, 0.15) is 6.20 Å². The molecule has 118 valence electrons. The number of rotatable bonds is 2. The molecule has 3 rings (SSSR count). The minimum absolute atomic E-state index is 0.0415. The van der Waals surface area contributed by atoms with Gasteiger partial charge in [-0.05, 0) is 19.4 Å². The summed E-state index contributed by atoms with van der Waals surface area (Å²) < 4.78 is 5.93. The molecule has 0 radical (unpaired) electrons. The van der Waals surface area contributed by atoms with Crippen LogP contribution in [0.3, 0.4) is 0 Å². The number of carbonyl (C=O) groups is 1. The number of hydroxylamine groups is 2. The second kappa shape index (κ2) is 5.62. The predicted molar refractivity (Wildman–Crippen MR) is 73.9 cm³/mol. The fourth-order valence-corrected chi connectivity index (χ4v) is 3.44. The first-order valence-electron chi connectivity index (χ1n) is 7.23. The maximum Gasteiger partial charge on any atom is 0.293 e. The second-order valence-electron chi connectivity index (χ2n) is 5.77. The van der Waals surface area contributed by atoms with Crippen molar-refractivity contribution in [3.63, 3.8) is 0 Å². The maximum atomic E-state index is 11.7. The number of pyridine rings is 1. The normalized spacial score (nSPS) is 31.7. The van der Waals surface area contributed by atoms with Gasteiger partial charge >= 0.3 is 0 Å². The fourth-order valence-electron chi connectivity index (χ4n) is 3.44. The van der Waals surface area contributed by atoms with Crippen molar-refractivity contribution in [3.8, 4) is 0 Å². The van der Waals surface area contributed by atoms with Gasteiger partial charge in [-0.3, -0.25) is 25.1 Å². The highest BCUT2D eigenvalue weighted by atomic mass is 16.6. The SMILES string of the molecule is CC1OC(c2ccncc2[N+](=O)[O-])CC2C1CCC(=O)N2O. The topological polar surface area (TPSA) is 106 Å². The van der Waals surface area contributed by atoms with Crippen LogP contribution in [0.15, 0.2) is 18.5 Å². The third-order valence-electron chi connectivity index (χ3n) is 4.57. The Balaban J connectivity index is 1.91. The van der Waals surface area contributed by atoms with E-state index in [9.17, 15) is 20.1 Å². The van der Waals surface area contributed by atoms with Crippen LogP contribution in [-0.2, 0) is 9.53 Å². The van der Waals surface area contributed by atoms with Crippen molar-refractivity contribution in [2.75, 3.05) is 0 Å². The van der Waals surface area contributed by atoms with Crippen LogP contribution in [0.1, 0.15) is 37.9 Å². The first-order chi connectivity index (χ1) is 10.5. The molecule has 8 nitrogen and oxygen atoms in total. The van der Waals surface area contributed by atoms with E-state index in [0.29, 0.717) is 24.8 Å². The standard InChI is InChI=1S/C14H17N3O5/c1-8-9-2-3-14(18)16(19)11(9)6-13(22-8)10-4-5-15-7-12(10)17(20)21/h4-5,7-9,11,13,19H,2-3,6H2,1H3. The highest BCUT2D eigenvalue weighted by molar-refractivity contribution is 5.76. The summed E-state index contributed by atoms with van der Waals surface area (Å²) >= 11 is 0. The van der Waals surface area contributed by atoms with E-state index in [1.165, 1.54) is 12.4 Å². The quantitative estimate of drug-likeness (QED) is 0.507. The number of aromatic nitrogens is 1. The Morgan fingerprint density at radius 3 is 3.05 bits per heavy atom. The zero-order valence-corrected chi connectivity index (χ0v) is 12.1. The van der Waals surface area contributed by atoms with Crippen LogP contribution in [0.5, 0.6) is 0 Å². The van der Waals surface area contributed by atoms with Gasteiger partial charge in [-0.15, -0.1) is 0 Å². The van der Waals surface area contributed by atoms with Crippen molar-refractivity contribution in [2.45, 2.75) is 44.4 Å². The predicted octanol–water partition coefficient (Wildman–Crippen LogP) is 1.84. The number of hydrogen-bond donors (Lipinski definition) is 1. The van der Waals surface area contributed by atoms with Crippen LogP contribution in [-0.4, -0.2) is 38.2 Å². The Bertz CT molecular complexity index is 608. The van der Waals surface area contributed by atoms with Crippen LogP contribution in [0.25, 0.3) is 0 Å². The average molecular weight is 307 g/mol. The Morgan fingerprint density at radius 2 is 2.32 bits per heavy atom. The number of ether oxygens (including phenoxy) is 1. The third-order valence-corrected chi connectivity index (χ3v) is 4.57. The molecule has 2 fully saturated rings. The molecule has 1 N–H and O–H groups in total. The van der Waals surface area contributed by atoms with E-state index in [1.54, 1.807) is 6.07 Å². The van der Waals surface area contributed by atoms with Crippen molar-refractivity contribution in [2.24, 2.45) is 5.92 Å². The van der Waals surface area contributed by atoms with Crippen molar-refractivity contribution in [1.82, 2.24) is 10.0 Å². The molecule has 0 bridgehead atoms. The van der Waals surface area contributed by atoms with Crippen LogP contribution < -0.4 is 0 Å². The van der Waals surface area contributed by atoms with E-state index in [4.69, 9.17) is 4.74 Å². The molecular weight excluding hydrogens is 290 g/mol. The zero-order chi connectivity index (χ0) is 15.9. The van der Waals surface area contributed by atoms with Crippen molar-refractivity contribution >= 4 is 11.6 Å². The lowest BCUT2D eigenvalue weighted by atomic mass is 9.80. The number of hydrogen-bond acceptors (Lipinski definition) is 6. The summed E-state index contributed by atoms with van der Waals surface area (Å²) in [5.41, 5.74) is 0.321. The van der Waals surface area contributed by atoms with Gasteiger partial charge in [-0.1, -0.05) is 0 Å². The summed E-state index contributed by atoms with van der Waals surface area (Å²) in [4.78, 5) is 26.1. The number of carbonyl (C=O) groups excluding carboxylic acids is 1. The summed E-state index contributed by atoms with van der Waals surface area (Å²) in [5, 5.41) is 21.9. The van der Waals surface area contributed by atoms with Gasteiger partial charge < -0.3 is 4.74 Å². The molecule has 1 amide bonds. The second-order valence-corrected chi connectivity index (χ2v) is 5.77. The molecule has 2 saturated heterocycles. The van der Waals surface area contributed by atoms with Crippen LogP contribution in [0.4, 0.5) is 5.69 Å². The average Bonchev–Trinajstić information content (AvgIpc) is 2.51. The first kappa shape index (κ1) is 14.9. The lowest BCUT2D eigenvalue weighted by molar-refractivity contribution is -0.386. The van der Waals surface area contributed by atoms with Gasteiger partial charge in [-0.2, -0.15) is 0 Å². The molecule has 22 heavy (non-hydrogen) atoms. The molecule has 8 heteroatoms. The molecule has 3 heterocycles. The fraction of sp³-hybridized carbons (Fsp3) is 0.571. The summed E-state index contributed by atoms with van der Waals surface area (Å²) in [5.74, 6) is -0.266. The number of piperidine rings is 1. The molecule has 1 aromatic heterocycles. The lowest BCUT2D eigenvalue weighted by Gasteiger charge is -2.46. The highest BCUT2D eigenvalue weighted by Gasteiger charge is 2.45. The van der Waals surface area contributed by atoms with Gasteiger partial charge in [0.15, 0.2) is 0 Å². The first-order valence-corrected chi connectivity index (χ1v) is 7.23. The van der Waals surface area contributed by atoms with Crippen molar-refractivity contribution in [1.29, 1.82) is 0 Å². The monoisotopic (exact) mass is 307 g/mol. The Kier molecular flexibility index (Phi) is 3.79. The third kappa shape index (κ3) is 2.44. The van der Waals surface area contributed by atoms with E-state index in [2.05, 4.69) is 4.98 Å². The van der Waals surface area contributed by atoms with Gasteiger partial charge in [0, 0.05) is 25.0 Å². The van der Waals surface area contributed by atoms with E-state index in [1.807, 2.05) is 6.92 Å². The highest BCUT2D eigenvalue weighted by Crippen LogP contribution is 2.42. The zero-order valence-electron chi connectivity index (χ0n) is 12.1. The summed E-state index contributed by atoms with van der Waals surface area (Å²) in [6.07, 6.45) is 3.23. The number of nitrogens with zero attached hydrogens (tertiary/aromatic N) is 3. The maximum absolute atomic E-state index is 11.7. The van der Waals surface area contributed by atoms with Crippen molar-refractivity contribution in [3.05, 3.63) is 34.1 Å². The van der Waals surface area contributed by atoms with Gasteiger partial charge in [-0.25, -0.2) is 5.06 Å². The molecule has 4 atom stereocenters. The molecule has 2 aliphatic heterocycles.